The molecule has 1 saturated heterocycles. The summed E-state index contributed by atoms with van der Waals surface area (Å²) in [5, 5.41) is 13.8. The number of hydrogen-bond acceptors (Lipinski definition) is 5. The van der Waals surface area contributed by atoms with Gasteiger partial charge >= 0.3 is 0 Å². The predicted octanol–water partition coefficient (Wildman–Crippen LogP) is 2.77. The highest BCUT2D eigenvalue weighted by molar-refractivity contribution is 5.94. The Hall–Kier alpha value is -2.54. The van der Waals surface area contributed by atoms with Crippen LogP contribution in [0, 0.1) is 5.92 Å². The molecule has 0 N–H and O–H groups in total. The van der Waals surface area contributed by atoms with Gasteiger partial charge in [0.1, 0.15) is 5.69 Å². The zero-order valence-corrected chi connectivity index (χ0v) is 15.7. The summed E-state index contributed by atoms with van der Waals surface area (Å²) in [4.78, 5) is 14.9. The average Bonchev–Trinajstić information content (AvgIpc) is 3.22. The van der Waals surface area contributed by atoms with Crippen LogP contribution in [0.5, 0.6) is 0 Å². The number of benzene rings is 1. The number of aryl methyl sites for hydroxylation is 1. The van der Waals surface area contributed by atoms with Gasteiger partial charge < -0.3 is 0 Å². The first-order chi connectivity index (χ1) is 13.1. The first-order valence-corrected chi connectivity index (χ1v) is 9.69. The number of nitrogens with zero attached hydrogens (tertiary/aromatic N) is 6. The summed E-state index contributed by atoms with van der Waals surface area (Å²) in [6, 6.07) is 7.29. The molecule has 0 bridgehead atoms. The topological polar surface area (TPSA) is 68.8 Å². The molecule has 3 heterocycles. The fourth-order valence-electron chi connectivity index (χ4n) is 3.98. The maximum Gasteiger partial charge on any atom is 0.185 e. The fourth-order valence-corrected chi connectivity index (χ4v) is 3.98. The third kappa shape index (κ3) is 3.16. The zero-order chi connectivity index (χ0) is 18.5. The molecule has 7 heteroatoms. The van der Waals surface area contributed by atoms with Gasteiger partial charge in [0.25, 0.3) is 0 Å². The van der Waals surface area contributed by atoms with Crippen LogP contribution in [0.2, 0.25) is 0 Å². The highest BCUT2D eigenvalue weighted by atomic mass is 16.1. The molecule has 140 valence electrons. The minimum absolute atomic E-state index is 0.121. The molecule has 1 aromatic carbocycles. The lowest BCUT2D eigenvalue weighted by atomic mass is 9.90. The Bertz CT molecular complexity index is 995. The summed E-state index contributed by atoms with van der Waals surface area (Å²) in [6.07, 6.45) is 6.74. The van der Waals surface area contributed by atoms with E-state index in [-0.39, 0.29) is 5.78 Å². The molecule has 5 rings (SSSR count). The second-order valence-corrected chi connectivity index (χ2v) is 8.06. The van der Waals surface area contributed by atoms with Gasteiger partial charge in [0.2, 0.25) is 0 Å². The Balaban J connectivity index is 1.18. The number of likely N-dealkylation sites (tertiary alicyclic amines) is 1. The molecule has 0 spiro atoms. The van der Waals surface area contributed by atoms with E-state index in [1.165, 1.54) is 10.9 Å². The van der Waals surface area contributed by atoms with Crippen molar-refractivity contribution in [2.24, 2.45) is 13.0 Å². The molecule has 1 aliphatic heterocycles. The van der Waals surface area contributed by atoms with E-state index in [2.05, 4.69) is 51.6 Å². The van der Waals surface area contributed by atoms with Crippen molar-refractivity contribution in [3.63, 3.8) is 0 Å². The number of rotatable bonds is 6. The van der Waals surface area contributed by atoms with Crippen LogP contribution >= 0.6 is 0 Å². The molecule has 1 aliphatic carbocycles. The maximum absolute atomic E-state index is 12.5. The second kappa shape index (κ2) is 6.27. The van der Waals surface area contributed by atoms with E-state index >= 15 is 0 Å². The second-order valence-electron chi connectivity index (χ2n) is 8.06. The Kier molecular flexibility index (Phi) is 3.86. The lowest BCUT2D eigenvalue weighted by molar-refractivity contribution is 0.0502. The molecule has 7 nitrogen and oxygen atoms in total. The number of carbonyl (C=O) groups excluding carboxylic acids is 1. The van der Waals surface area contributed by atoms with Crippen LogP contribution < -0.4 is 0 Å². The summed E-state index contributed by atoms with van der Waals surface area (Å²) in [6.45, 7) is 4.14. The first-order valence-electron chi connectivity index (χ1n) is 9.69. The number of carbonyl (C=O) groups is 1. The third-order valence-electron chi connectivity index (χ3n) is 5.85. The summed E-state index contributed by atoms with van der Waals surface area (Å²) in [7, 11) is 1.95. The molecule has 1 unspecified atom stereocenters. The summed E-state index contributed by atoms with van der Waals surface area (Å²) < 4.78 is 3.70. The van der Waals surface area contributed by atoms with E-state index in [0.29, 0.717) is 30.1 Å². The fraction of sp³-hybridized carbons (Fsp3) is 0.500. The molecule has 2 aromatic heterocycles. The average molecular weight is 364 g/mol. The van der Waals surface area contributed by atoms with Gasteiger partial charge in [-0.25, -0.2) is 4.68 Å². The Labute approximate surface area is 157 Å². The highest BCUT2D eigenvalue weighted by Gasteiger charge is 2.33. The van der Waals surface area contributed by atoms with E-state index < -0.39 is 0 Å². The lowest BCUT2D eigenvalue weighted by Gasteiger charge is -2.43. The lowest BCUT2D eigenvalue weighted by Crippen LogP contribution is -2.48. The minimum atomic E-state index is 0.121. The number of fused-ring (bicyclic) bond motifs is 1. The molecule has 1 saturated carbocycles. The summed E-state index contributed by atoms with van der Waals surface area (Å²) in [5.41, 5.74) is 2.85. The van der Waals surface area contributed by atoms with Gasteiger partial charge in [0.15, 0.2) is 5.78 Å². The van der Waals surface area contributed by atoms with E-state index in [9.17, 15) is 4.79 Å². The van der Waals surface area contributed by atoms with E-state index in [1.807, 2.05) is 22.6 Å². The zero-order valence-electron chi connectivity index (χ0n) is 15.7. The number of hydrogen-bond donors (Lipinski definition) is 0. The van der Waals surface area contributed by atoms with E-state index in [4.69, 9.17) is 0 Å². The monoisotopic (exact) mass is 364 g/mol. The van der Waals surface area contributed by atoms with E-state index in [1.54, 1.807) is 0 Å². The molecule has 27 heavy (non-hydrogen) atoms. The van der Waals surface area contributed by atoms with Crippen molar-refractivity contribution in [1.82, 2.24) is 29.7 Å². The first kappa shape index (κ1) is 16.6. The van der Waals surface area contributed by atoms with Crippen LogP contribution in [0.15, 0.2) is 30.6 Å². The van der Waals surface area contributed by atoms with Crippen molar-refractivity contribution in [2.45, 2.75) is 38.3 Å². The van der Waals surface area contributed by atoms with Gasteiger partial charge in [-0.2, -0.15) is 5.10 Å². The largest absolute Gasteiger partial charge is 0.296 e. The Morgan fingerprint density at radius 1 is 1.26 bits per heavy atom. The molecule has 0 amide bonds. The quantitative estimate of drug-likeness (QED) is 0.629. The number of aromatic nitrogens is 5. The van der Waals surface area contributed by atoms with Crippen molar-refractivity contribution in [2.75, 3.05) is 13.1 Å². The Morgan fingerprint density at radius 2 is 2.07 bits per heavy atom. The van der Waals surface area contributed by atoms with Crippen LogP contribution in [0.25, 0.3) is 10.9 Å². The van der Waals surface area contributed by atoms with Crippen LogP contribution in [0.3, 0.4) is 0 Å². The van der Waals surface area contributed by atoms with Crippen LogP contribution in [-0.4, -0.2) is 48.5 Å². The molecule has 2 aliphatic rings. The van der Waals surface area contributed by atoms with Crippen molar-refractivity contribution >= 4 is 16.7 Å². The van der Waals surface area contributed by atoms with Crippen molar-refractivity contribution in [3.05, 3.63) is 41.9 Å². The van der Waals surface area contributed by atoms with Crippen LogP contribution in [0.1, 0.15) is 54.3 Å². The molecular formula is C20H24N6O. The SMILES string of the molecule is CC(c1ccc2nn(C)cc2c1)N1CC(CC(=O)c2cn(C3CC3)nn2)C1. The van der Waals surface area contributed by atoms with Gasteiger partial charge in [-0.1, -0.05) is 11.3 Å². The Morgan fingerprint density at radius 3 is 2.85 bits per heavy atom. The standard InChI is InChI=1S/C20H24N6O/c1-13(15-3-6-18-16(8-15)11-24(2)22-18)25-9-14(10-25)7-20(27)19-12-26(23-21-19)17-4-5-17/h3,6,8,11-14,17H,4-5,7,9-10H2,1-2H3. The molecule has 2 fully saturated rings. The minimum Gasteiger partial charge on any atom is -0.296 e. The van der Waals surface area contributed by atoms with Gasteiger partial charge in [0.05, 0.1) is 17.8 Å². The van der Waals surface area contributed by atoms with Crippen molar-refractivity contribution < 1.29 is 4.79 Å². The molecule has 1 atom stereocenters. The van der Waals surface area contributed by atoms with Gasteiger partial charge in [-0.15, -0.1) is 5.10 Å². The molecule has 3 aromatic rings. The predicted molar refractivity (Wildman–Crippen MR) is 101 cm³/mol. The molecule has 0 radical (unpaired) electrons. The highest BCUT2D eigenvalue weighted by Crippen LogP contribution is 2.34. The maximum atomic E-state index is 12.5. The van der Waals surface area contributed by atoms with Crippen LogP contribution in [-0.2, 0) is 7.05 Å². The van der Waals surface area contributed by atoms with Crippen LogP contribution in [0.4, 0.5) is 0 Å². The smallest absolute Gasteiger partial charge is 0.185 e. The van der Waals surface area contributed by atoms with Crippen molar-refractivity contribution in [3.8, 4) is 0 Å². The van der Waals surface area contributed by atoms with Gasteiger partial charge in [-0.3, -0.25) is 14.4 Å². The number of ketones is 1. The normalized spacial score (nSPS) is 19.3. The number of Topliss-reactive ketones (excluding diaryl/α,β-unsaturated/α-hetero) is 1. The third-order valence-corrected chi connectivity index (χ3v) is 5.85. The molecular weight excluding hydrogens is 340 g/mol. The van der Waals surface area contributed by atoms with Gasteiger partial charge in [0, 0.05) is 44.2 Å². The van der Waals surface area contributed by atoms with Gasteiger partial charge in [-0.05, 0) is 43.4 Å². The van der Waals surface area contributed by atoms with Crippen molar-refractivity contribution in [1.29, 1.82) is 0 Å². The van der Waals surface area contributed by atoms with E-state index in [0.717, 1.165) is 31.4 Å². The summed E-state index contributed by atoms with van der Waals surface area (Å²) in [5.74, 6) is 0.532. The summed E-state index contributed by atoms with van der Waals surface area (Å²) >= 11 is 0.